The molecule has 6 atom stereocenters. The van der Waals surface area contributed by atoms with Crippen molar-refractivity contribution in [3.05, 3.63) is 11.6 Å². The first-order chi connectivity index (χ1) is 18.4. The number of alkyl carbamates (subject to hydrolysis) is 2. The molecule has 3 amide bonds. The number of carbonyl (C=O) groups is 3. The highest BCUT2D eigenvalue weighted by atomic mass is 16.6. The summed E-state index contributed by atoms with van der Waals surface area (Å²) in [6, 6.07) is 0. The third-order valence-corrected chi connectivity index (χ3v) is 7.77. The molecule has 0 bridgehead atoms. The highest BCUT2D eigenvalue weighted by Gasteiger charge is 2.72. The topological polar surface area (TPSA) is 140 Å². The zero-order chi connectivity index (χ0) is 28.8. The van der Waals surface area contributed by atoms with Gasteiger partial charge in [0.05, 0.1) is 24.2 Å². The lowest BCUT2D eigenvalue weighted by atomic mass is 9.68. The highest BCUT2D eigenvalue weighted by Crippen LogP contribution is 2.59. The van der Waals surface area contributed by atoms with Crippen LogP contribution in [-0.2, 0) is 28.5 Å². The molecule has 0 aromatic heterocycles. The number of methoxy groups -OCH3 is 1. The number of carbonyl (C=O) groups excluding carboxylic acids is 3. The minimum atomic E-state index is -0.859. The molecule has 0 aromatic carbocycles. The summed E-state index contributed by atoms with van der Waals surface area (Å²) in [6.45, 7) is 13.0. The minimum absolute atomic E-state index is 0.0306. The zero-order valence-electron chi connectivity index (χ0n) is 24.5. The second kappa shape index (κ2) is 12.9. The van der Waals surface area contributed by atoms with Gasteiger partial charge in [0.2, 0.25) is 5.91 Å². The van der Waals surface area contributed by atoms with Gasteiger partial charge in [-0.25, -0.2) is 9.59 Å². The first kappa shape index (κ1) is 31.2. The molecule has 222 valence electrons. The van der Waals surface area contributed by atoms with Crippen LogP contribution in [0.5, 0.6) is 0 Å². The van der Waals surface area contributed by atoms with Gasteiger partial charge >= 0.3 is 12.2 Å². The maximum Gasteiger partial charge on any atom is 0.408 e. The largest absolute Gasteiger partial charge is 0.447 e. The van der Waals surface area contributed by atoms with Gasteiger partial charge in [-0.15, -0.1) is 0 Å². The smallest absolute Gasteiger partial charge is 0.408 e. The molecule has 0 aromatic rings. The summed E-state index contributed by atoms with van der Waals surface area (Å²) >= 11 is 0. The molecular weight excluding hydrogens is 506 g/mol. The SMILES string of the molecule is CCC(=O)NCCCNC(=O)OCC(C)(C)NC(=O)OC1CC[C@]2(CO2)C(C2(C)O[C@@H]2CC=C(C)C)C1OC. The van der Waals surface area contributed by atoms with Crippen LogP contribution in [-0.4, -0.2) is 86.6 Å². The van der Waals surface area contributed by atoms with Gasteiger partial charge < -0.3 is 39.6 Å². The third kappa shape index (κ3) is 8.31. The molecule has 3 N–H and O–H groups in total. The van der Waals surface area contributed by atoms with Crippen molar-refractivity contribution < 1.29 is 38.1 Å². The second-order valence-electron chi connectivity index (χ2n) is 11.9. The van der Waals surface area contributed by atoms with Crippen molar-refractivity contribution in [2.24, 2.45) is 5.92 Å². The monoisotopic (exact) mass is 553 g/mol. The van der Waals surface area contributed by atoms with Crippen LogP contribution < -0.4 is 16.0 Å². The van der Waals surface area contributed by atoms with Gasteiger partial charge in [0.15, 0.2) is 0 Å². The van der Waals surface area contributed by atoms with Crippen LogP contribution in [0.15, 0.2) is 11.6 Å². The summed E-state index contributed by atoms with van der Waals surface area (Å²) < 4.78 is 29.3. The van der Waals surface area contributed by atoms with E-state index < -0.39 is 29.4 Å². The van der Waals surface area contributed by atoms with Crippen molar-refractivity contribution >= 4 is 18.1 Å². The molecular formula is C28H47N3O8. The van der Waals surface area contributed by atoms with E-state index in [0.717, 1.165) is 12.8 Å². The Morgan fingerprint density at radius 1 is 1.13 bits per heavy atom. The van der Waals surface area contributed by atoms with Gasteiger partial charge in [0.25, 0.3) is 0 Å². The molecule has 1 spiro atoms. The Hall–Kier alpha value is -2.37. The Bertz CT molecular complexity index is 914. The fourth-order valence-corrected chi connectivity index (χ4v) is 5.48. The fraction of sp³-hybridized carbons (Fsp3) is 0.821. The summed E-state index contributed by atoms with van der Waals surface area (Å²) in [5, 5.41) is 8.18. The molecule has 0 radical (unpaired) electrons. The van der Waals surface area contributed by atoms with Gasteiger partial charge in [-0.05, 0) is 60.3 Å². The Kier molecular flexibility index (Phi) is 10.3. The first-order valence-electron chi connectivity index (χ1n) is 14.0. The van der Waals surface area contributed by atoms with Crippen LogP contribution in [0.2, 0.25) is 0 Å². The molecule has 39 heavy (non-hydrogen) atoms. The first-order valence-corrected chi connectivity index (χ1v) is 14.0. The number of nitrogens with one attached hydrogen (secondary N) is 3. The molecule has 2 aliphatic heterocycles. The second-order valence-corrected chi connectivity index (χ2v) is 11.9. The number of hydrogen-bond acceptors (Lipinski definition) is 8. The number of amides is 3. The summed E-state index contributed by atoms with van der Waals surface area (Å²) in [6.07, 6.45) is 3.44. The molecule has 4 unspecified atom stereocenters. The van der Waals surface area contributed by atoms with Gasteiger partial charge in [-0.2, -0.15) is 0 Å². The van der Waals surface area contributed by atoms with Crippen molar-refractivity contribution in [2.75, 3.05) is 33.4 Å². The van der Waals surface area contributed by atoms with Crippen LogP contribution in [0.25, 0.3) is 0 Å². The van der Waals surface area contributed by atoms with Crippen LogP contribution in [0.4, 0.5) is 9.59 Å². The number of allylic oxidation sites excluding steroid dienone is 1. The van der Waals surface area contributed by atoms with E-state index in [9.17, 15) is 14.4 Å². The zero-order valence-corrected chi connectivity index (χ0v) is 24.5. The minimum Gasteiger partial charge on any atom is -0.447 e. The van der Waals surface area contributed by atoms with E-state index in [1.54, 1.807) is 27.9 Å². The van der Waals surface area contributed by atoms with E-state index in [0.29, 0.717) is 39.0 Å². The van der Waals surface area contributed by atoms with Crippen molar-refractivity contribution in [3.63, 3.8) is 0 Å². The lowest BCUT2D eigenvalue weighted by Gasteiger charge is -2.42. The molecule has 11 nitrogen and oxygen atoms in total. The number of hydrogen-bond donors (Lipinski definition) is 3. The molecule has 1 aliphatic carbocycles. The normalized spacial score (nSPS) is 31.2. The Balaban J connectivity index is 1.47. The number of ether oxygens (including phenoxy) is 5. The Morgan fingerprint density at radius 3 is 2.44 bits per heavy atom. The van der Waals surface area contributed by atoms with E-state index in [-0.39, 0.29) is 36.2 Å². The summed E-state index contributed by atoms with van der Waals surface area (Å²) in [7, 11) is 1.64. The summed E-state index contributed by atoms with van der Waals surface area (Å²) in [5.74, 6) is -0.0931. The van der Waals surface area contributed by atoms with Gasteiger partial charge in [-0.3, -0.25) is 4.79 Å². The van der Waals surface area contributed by atoms with E-state index in [1.807, 2.05) is 0 Å². The van der Waals surface area contributed by atoms with E-state index in [4.69, 9.17) is 23.7 Å². The number of epoxide rings is 2. The van der Waals surface area contributed by atoms with Crippen LogP contribution in [0, 0.1) is 5.92 Å². The maximum absolute atomic E-state index is 12.9. The van der Waals surface area contributed by atoms with Crippen molar-refractivity contribution in [1.29, 1.82) is 0 Å². The molecule has 1 saturated carbocycles. The van der Waals surface area contributed by atoms with Crippen molar-refractivity contribution in [1.82, 2.24) is 16.0 Å². The van der Waals surface area contributed by atoms with Crippen molar-refractivity contribution in [2.45, 2.75) is 109 Å². The maximum atomic E-state index is 12.9. The standard InChI is InChI=1S/C28H47N3O8/c1-8-21(32)29-14-9-15-30-24(33)36-16-26(4,5)31-25(34)38-19-12-13-28(17-37-28)23(22(19)35-7)27(6)20(39-27)11-10-18(2)3/h10,19-20,22-23H,8-9,11-17H2,1-7H3,(H,29,32)(H,30,33)(H,31,34)/t19?,20-,22?,23?,27?,28+/m1/s1. The predicted octanol–water partition coefficient (Wildman–Crippen LogP) is 3.21. The lowest BCUT2D eigenvalue weighted by Crippen LogP contribution is -2.57. The van der Waals surface area contributed by atoms with Crippen molar-refractivity contribution in [3.8, 4) is 0 Å². The average Bonchev–Trinajstić information content (AvgIpc) is 3.78. The number of rotatable bonds is 13. The van der Waals surface area contributed by atoms with Gasteiger partial charge in [-0.1, -0.05) is 18.6 Å². The lowest BCUT2D eigenvalue weighted by molar-refractivity contribution is -0.120. The molecule has 11 heteroatoms. The van der Waals surface area contributed by atoms with Crippen LogP contribution >= 0.6 is 0 Å². The summed E-state index contributed by atoms with van der Waals surface area (Å²) in [5.41, 5.74) is -0.323. The van der Waals surface area contributed by atoms with Gasteiger partial charge in [0, 0.05) is 26.6 Å². The molecule has 3 fully saturated rings. The highest BCUT2D eigenvalue weighted by molar-refractivity contribution is 5.75. The third-order valence-electron chi connectivity index (χ3n) is 7.77. The molecule has 3 aliphatic rings. The van der Waals surface area contributed by atoms with E-state index in [2.05, 4.69) is 42.8 Å². The molecule has 2 saturated heterocycles. The molecule has 3 rings (SSSR count). The van der Waals surface area contributed by atoms with Crippen LogP contribution in [0.1, 0.15) is 73.6 Å². The summed E-state index contributed by atoms with van der Waals surface area (Å²) in [4.78, 5) is 36.2. The quantitative estimate of drug-likeness (QED) is 0.179. The Labute approximate surface area is 232 Å². The van der Waals surface area contributed by atoms with Crippen LogP contribution in [0.3, 0.4) is 0 Å². The van der Waals surface area contributed by atoms with E-state index in [1.165, 1.54) is 5.57 Å². The average molecular weight is 554 g/mol. The predicted molar refractivity (Wildman–Crippen MR) is 144 cm³/mol. The molecule has 2 heterocycles. The van der Waals surface area contributed by atoms with E-state index >= 15 is 0 Å². The fourth-order valence-electron chi connectivity index (χ4n) is 5.48. The van der Waals surface area contributed by atoms with Gasteiger partial charge in [0.1, 0.15) is 30.0 Å². The Morgan fingerprint density at radius 2 is 1.82 bits per heavy atom.